The zero-order valence-electron chi connectivity index (χ0n) is 9.73. The number of hydrogen-bond acceptors (Lipinski definition) is 3. The van der Waals surface area contributed by atoms with Crippen LogP contribution in [0, 0.1) is 16.0 Å². The van der Waals surface area contributed by atoms with Gasteiger partial charge in [0, 0.05) is 19.2 Å². The number of piperidine rings is 1. The third kappa shape index (κ3) is 2.52. The van der Waals surface area contributed by atoms with Gasteiger partial charge in [-0.05, 0) is 24.8 Å². The molecule has 1 fully saturated rings. The fourth-order valence-corrected chi connectivity index (χ4v) is 2.65. The number of para-hydroxylation sites is 1. The lowest BCUT2D eigenvalue weighted by molar-refractivity contribution is -0.384. The molecule has 17 heavy (non-hydrogen) atoms. The van der Waals surface area contributed by atoms with E-state index in [1.807, 2.05) is 4.90 Å². The molecule has 5 heteroatoms. The Morgan fingerprint density at radius 3 is 2.94 bits per heavy atom. The van der Waals surface area contributed by atoms with Gasteiger partial charge in [-0.1, -0.05) is 24.6 Å². The number of benzene rings is 1. The van der Waals surface area contributed by atoms with Gasteiger partial charge in [0.2, 0.25) is 0 Å². The van der Waals surface area contributed by atoms with Crippen LogP contribution in [0.1, 0.15) is 19.8 Å². The molecule has 0 bridgehead atoms. The van der Waals surface area contributed by atoms with Crippen molar-refractivity contribution >= 4 is 23.0 Å². The Morgan fingerprint density at radius 1 is 1.53 bits per heavy atom. The topological polar surface area (TPSA) is 46.4 Å². The number of rotatable bonds is 2. The standard InChI is InChI=1S/C12H15ClN2O2/c1-9-4-3-7-14(8-9)12-10(13)5-2-6-11(12)15(16)17/h2,5-6,9H,3-4,7-8H2,1H3. The minimum Gasteiger partial charge on any atom is -0.364 e. The molecule has 1 atom stereocenters. The molecule has 0 N–H and O–H groups in total. The van der Waals surface area contributed by atoms with Gasteiger partial charge in [0.1, 0.15) is 5.69 Å². The summed E-state index contributed by atoms with van der Waals surface area (Å²) in [5.74, 6) is 0.555. The van der Waals surface area contributed by atoms with Crippen molar-refractivity contribution in [3.63, 3.8) is 0 Å². The van der Waals surface area contributed by atoms with Gasteiger partial charge in [0.05, 0.1) is 9.95 Å². The molecule has 92 valence electrons. The van der Waals surface area contributed by atoms with Crippen LogP contribution < -0.4 is 4.90 Å². The summed E-state index contributed by atoms with van der Waals surface area (Å²) in [5.41, 5.74) is 0.678. The average molecular weight is 255 g/mol. The van der Waals surface area contributed by atoms with E-state index in [2.05, 4.69) is 6.92 Å². The molecule has 0 spiro atoms. The van der Waals surface area contributed by atoms with Gasteiger partial charge in [0.25, 0.3) is 5.69 Å². The van der Waals surface area contributed by atoms with Crippen LogP contribution in [0.2, 0.25) is 5.02 Å². The van der Waals surface area contributed by atoms with Crippen molar-refractivity contribution in [2.75, 3.05) is 18.0 Å². The smallest absolute Gasteiger partial charge is 0.294 e. The molecule has 1 unspecified atom stereocenters. The molecule has 1 aromatic carbocycles. The Morgan fingerprint density at radius 2 is 2.29 bits per heavy atom. The van der Waals surface area contributed by atoms with Crippen molar-refractivity contribution in [1.82, 2.24) is 0 Å². The van der Waals surface area contributed by atoms with E-state index < -0.39 is 0 Å². The predicted octanol–water partition coefficient (Wildman–Crippen LogP) is 3.48. The summed E-state index contributed by atoms with van der Waals surface area (Å²) in [6, 6.07) is 4.85. The summed E-state index contributed by atoms with van der Waals surface area (Å²) >= 11 is 6.11. The van der Waals surface area contributed by atoms with E-state index in [1.54, 1.807) is 12.1 Å². The largest absolute Gasteiger partial charge is 0.364 e. The zero-order chi connectivity index (χ0) is 12.4. The van der Waals surface area contributed by atoms with Crippen molar-refractivity contribution in [3.05, 3.63) is 33.3 Å². The third-order valence-electron chi connectivity index (χ3n) is 3.14. The summed E-state index contributed by atoms with van der Waals surface area (Å²) in [6.07, 6.45) is 2.23. The normalized spacial score (nSPS) is 20.4. The molecule has 1 heterocycles. The van der Waals surface area contributed by atoms with Crippen molar-refractivity contribution in [2.24, 2.45) is 5.92 Å². The lowest BCUT2D eigenvalue weighted by atomic mass is 9.99. The fraction of sp³-hybridized carbons (Fsp3) is 0.500. The van der Waals surface area contributed by atoms with Gasteiger partial charge in [-0.15, -0.1) is 0 Å². The molecule has 0 aromatic heterocycles. The van der Waals surface area contributed by atoms with E-state index in [0.29, 0.717) is 16.6 Å². The molecule has 0 amide bonds. The lowest BCUT2D eigenvalue weighted by Crippen LogP contribution is -2.34. The summed E-state index contributed by atoms with van der Waals surface area (Å²) in [7, 11) is 0. The summed E-state index contributed by atoms with van der Waals surface area (Å²) in [4.78, 5) is 12.7. The average Bonchev–Trinajstić information content (AvgIpc) is 2.28. The highest BCUT2D eigenvalue weighted by Crippen LogP contribution is 2.37. The first-order valence-electron chi connectivity index (χ1n) is 5.77. The molecule has 1 aliphatic heterocycles. The molecule has 0 radical (unpaired) electrons. The maximum atomic E-state index is 11.0. The second-order valence-corrected chi connectivity index (χ2v) is 4.97. The molecular weight excluding hydrogens is 240 g/mol. The van der Waals surface area contributed by atoms with Crippen molar-refractivity contribution in [2.45, 2.75) is 19.8 Å². The monoisotopic (exact) mass is 254 g/mol. The van der Waals surface area contributed by atoms with Gasteiger partial charge in [-0.2, -0.15) is 0 Å². The van der Waals surface area contributed by atoms with E-state index in [1.165, 1.54) is 12.5 Å². The SMILES string of the molecule is CC1CCCN(c2c(Cl)cccc2[N+](=O)[O-])C1. The number of anilines is 1. The van der Waals surface area contributed by atoms with E-state index in [9.17, 15) is 10.1 Å². The molecule has 0 saturated carbocycles. The zero-order valence-corrected chi connectivity index (χ0v) is 10.5. The van der Waals surface area contributed by atoms with E-state index in [0.717, 1.165) is 19.5 Å². The minimum absolute atomic E-state index is 0.103. The van der Waals surface area contributed by atoms with E-state index >= 15 is 0 Å². The predicted molar refractivity (Wildman–Crippen MR) is 68.7 cm³/mol. The highest BCUT2D eigenvalue weighted by Gasteiger charge is 2.25. The van der Waals surface area contributed by atoms with Gasteiger partial charge >= 0.3 is 0 Å². The number of nitro groups is 1. The molecule has 1 saturated heterocycles. The first-order chi connectivity index (χ1) is 8.09. The molecule has 2 rings (SSSR count). The second kappa shape index (κ2) is 4.92. The highest BCUT2D eigenvalue weighted by atomic mass is 35.5. The third-order valence-corrected chi connectivity index (χ3v) is 3.44. The van der Waals surface area contributed by atoms with Gasteiger partial charge in [-0.3, -0.25) is 10.1 Å². The Kier molecular flexibility index (Phi) is 3.52. The van der Waals surface area contributed by atoms with Crippen LogP contribution in [-0.2, 0) is 0 Å². The first kappa shape index (κ1) is 12.2. The number of nitro benzene ring substituents is 1. The lowest BCUT2D eigenvalue weighted by Gasteiger charge is -2.32. The summed E-state index contributed by atoms with van der Waals surface area (Å²) < 4.78 is 0. The Labute approximate surface area is 105 Å². The maximum absolute atomic E-state index is 11.0. The number of halogens is 1. The van der Waals surface area contributed by atoms with Crippen LogP contribution in [0.4, 0.5) is 11.4 Å². The van der Waals surface area contributed by atoms with Crippen LogP contribution in [0.5, 0.6) is 0 Å². The van der Waals surface area contributed by atoms with Gasteiger partial charge < -0.3 is 4.90 Å². The molecule has 1 aliphatic rings. The van der Waals surface area contributed by atoms with E-state index in [-0.39, 0.29) is 10.6 Å². The summed E-state index contributed by atoms with van der Waals surface area (Å²) in [6.45, 7) is 3.84. The van der Waals surface area contributed by atoms with Crippen LogP contribution in [0.3, 0.4) is 0 Å². The fourth-order valence-electron chi connectivity index (χ4n) is 2.36. The Balaban J connectivity index is 2.39. The van der Waals surface area contributed by atoms with E-state index in [4.69, 9.17) is 11.6 Å². The van der Waals surface area contributed by atoms with Gasteiger partial charge in [0.15, 0.2) is 0 Å². The Bertz CT molecular complexity index is 437. The van der Waals surface area contributed by atoms with Crippen molar-refractivity contribution < 1.29 is 4.92 Å². The van der Waals surface area contributed by atoms with Crippen molar-refractivity contribution in [3.8, 4) is 0 Å². The minimum atomic E-state index is -0.361. The molecule has 4 nitrogen and oxygen atoms in total. The number of nitrogens with zero attached hydrogens (tertiary/aromatic N) is 2. The Hall–Kier alpha value is -1.29. The van der Waals surface area contributed by atoms with Crippen molar-refractivity contribution in [1.29, 1.82) is 0 Å². The van der Waals surface area contributed by atoms with Crippen LogP contribution in [-0.4, -0.2) is 18.0 Å². The van der Waals surface area contributed by atoms with Crippen LogP contribution >= 0.6 is 11.6 Å². The van der Waals surface area contributed by atoms with Crippen LogP contribution in [0.15, 0.2) is 18.2 Å². The first-order valence-corrected chi connectivity index (χ1v) is 6.15. The maximum Gasteiger partial charge on any atom is 0.294 e. The molecule has 0 aliphatic carbocycles. The highest BCUT2D eigenvalue weighted by molar-refractivity contribution is 6.33. The summed E-state index contributed by atoms with van der Waals surface area (Å²) in [5, 5.41) is 11.5. The quantitative estimate of drug-likeness (QED) is 0.600. The second-order valence-electron chi connectivity index (χ2n) is 4.56. The number of hydrogen-bond donors (Lipinski definition) is 0. The molecular formula is C12H15ClN2O2. The molecule has 1 aromatic rings. The van der Waals surface area contributed by atoms with Gasteiger partial charge in [-0.25, -0.2) is 0 Å². The van der Waals surface area contributed by atoms with Crippen LogP contribution in [0.25, 0.3) is 0 Å².